The van der Waals surface area contributed by atoms with Gasteiger partial charge in [0.25, 0.3) is 5.56 Å². The summed E-state index contributed by atoms with van der Waals surface area (Å²) < 4.78 is 28.8. The van der Waals surface area contributed by atoms with Crippen molar-refractivity contribution in [2.45, 2.75) is 31.5 Å². The van der Waals surface area contributed by atoms with E-state index in [-0.39, 0.29) is 12.2 Å². The lowest BCUT2D eigenvalue weighted by Gasteiger charge is -2.22. The lowest BCUT2D eigenvalue weighted by Crippen LogP contribution is -2.41. The molecule has 1 amide bonds. The van der Waals surface area contributed by atoms with Crippen molar-refractivity contribution in [1.82, 2.24) is 14.9 Å². The molecule has 144 valence electrons. The minimum absolute atomic E-state index is 0.239. The molecule has 0 radical (unpaired) electrons. The van der Waals surface area contributed by atoms with Gasteiger partial charge in [0.15, 0.2) is 12.3 Å². The highest BCUT2D eigenvalue weighted by Gasteiger charge is 2.51. The molecule has 2 heterocycles. The molecule has 0 spiro atoms. The van der Waals surface area contributed by atoms with E-state index < -0.39 is 55.5 Å². The first kappa shape index (κ1) is 20.7. The van der Waals surface area contributed by atoms with Crippen LogP contribution in [0.1, 0.15) is 11.8 Å². The van der Waals surface area contributed by atoms with Gasteiger partial charge in [0, 0.05) is 18.8 Å². The molecule has 0 saturated carbocycles. The fraction of sp³-hybridized carbons (Fsp3) is 0.615. The number of ether oxygens (including phenoxy) is 2. The zero-order valence-corrected chi connectivity index (χ0v) is 15.7. The van der Waals surface area contributed by atoms with Crippen LogP contribution in [0, 0.1) is 6.92 Å². The molecule has 1 aliphatic heterocycles. The van der Waals surface area contributed by atoms with E-state index in [0.717, 1.165) is 4.57 Å². The lowest BCUT2D eigenvalue weighted by atomic mass is 10.1. The molecule has 2 unspecified atom stereocenters. The van der Waals surface area contributed by atoms with Gasteiger partial charge in [-0.05, 0) is 11.5 Å². The second kappa shape index (κ2) is 8.89. The molecule has 1 saturated heterocycles. The van der Waals surface area contributed by atoms with Gasteiger partial charge in [0.2, 0.25) is 5.91 Å². The van der Waals surface area contributed by atoms with E-state index >= 15 is 0 Å². The van der Waals surface area contributed by atoms with Gasteiger partial charge in [-0.25, -0.2) is 4.79 Å². The number of aryl methyl sites for hydroxylation is 1. The number of nitrogens with one attached hydrogen (secondary N) is 2. The summed E-state index contributed by atoms with van der Waals surface area (Å²) in [6.45, 7) is 0.584. The Morgan fingerprint density at radius 1 is 1.50 bits per heavy atom. The molecule has 0 aromatic carbocycles. The van der Waals surface area contributed by atoms with Crippen molar-refractivity contribution >= 4 is 25.4 Å². The van der Waals surface area contributed by atoms with Gasteiger partial charge < -0.3 is 19.9 Å². The van der Waals surface area contributed by atoms with Crippen LogP contribution in [0.2, 0.25) is 0 Å². The van der Waals surface area contributed by atoms with E-state index in [4.69, 9.17) is 14.0 Å². The summed E-state index contributed by atoms with van der Waals surface area (Å²) in [7, 11) is -0.964. The number of amides is 1. The monoisotopic (exact) mass is 408 g/mol. The van der Waals surface area contributed by atoms with Crippen LogP contribution in [0.5, 0.6) is 0 Å². The van der Waals surface area contributed by atoms with E-state index in [1.165, 1.54) is 20.2 Å². The van der Waals surface area contributed by atoms with Crippen molar-refractivity contribution in [1.29, 1.82) is 0 Å². The van der Waals surface area contributed by atoms with E-state index in [9.17, 15) is 24.1 Å². The minimum atomic E-state index is -2.38. The zero-order valence-electron chi connectivity index (χ0n) is 13.9. The van der Waals surface area contributed by atoms with Gasteiger partial charge in [0.05, 0.1) is 6.61 Å². The van der Waals surface area contributed by atoms with E-state index in [1.54, 1.807) is 0 Å². The maximum absolute atomic E-state index is 12.2. The number of hydrogen-bond donors (Lipinski definition) is 4. The van der Waals surface area contributed by atoms with E-state index in [2.05, 4.69) is 22.5 Å². The van der Waals surface area contributed by atoms with Gasteiger partial charge in [-0.3, -0.25) is 19.1 Å². The summed E-state index contributed by atoms with van der Waals surface area (Å²) >= 11 is 3.69. The number of aromatic amines is 1. The van der Waals surface area contributed by atoms with Gasteiger partial charge in [0.1, 0.15) is 31.1 Å². The number of aliphatic hydroxyl groups excluding tert-OH is 1. The van der Waals surface area contributed by atoms with Crippen LogP contribution in [0.25, 0.3) is 0 Å². The molecule has 1 fully saturated rings. The Bertz CT molecular complexity index is 796. The second-order valence-electron chi connectivity index (χ2n) is 5.48. The summed E-state index contributed by atoms with van der Waals surface area (Å²) in [5, 5.41) is 11.9. The quantitative estimate of drug-likeness (QED) is 0.326. The molecular weight excluding hydrogens is 389 g/mol. The highest BCUT2D eigenvalue weighted by Crippen LogP contribution is 2.40. The highest BCUT2D eigenvalue weighted by molar-refractivity contribution is 8.39. The molecule has 13 heteroatoms. The van der Waals surface area contributed by atoms with E-state index in [0.29, 0.717) is 0 Å². The maximum atomic E-state index is 12.2. The Kier molecular flexibility index (Phi) is 7.09. The van der Waals surface area contributed by atoms with Crippen molar-refractivity contribution in [3.8, 4) is 0 Å². The third kappa shape index (κ3) is 4.58. The fourth-order valence-electron chi connectivity index (χ4n) is 2.51. The van der Waals surface area contributed by atoms with Crippen molar-refractivity contribution in [2.24, 2.45) is 0 Å². The Morgan fingerprint density at radius 2 is 2.19 bits per heavy atom. The summed E-state index contributed by atoms with van der Waals surface area (Å²) in [4.78, 5) is 37.4. The molecule has 2 rings (SSSR count). The van der Waals surface area contributed by atoms with Gasteiger partial charge in [-0.1, -0.05) is 0 Å². The van der Waals surface area contributed by atoms with Crippen LogP contribution in [0.4, 0.5) is 0 Å². The summed E-state index contributed by atoms with van der Waals surface area (Å²) in [5.41, 5.74) is -1.09. The normalized spacial score (nSPS) is 25.9. The van der Waals surface area contributed by atoms with Crippen molar-refractivity contribution < 1.29 is 28.5 Å². The Labute approximate surface area is 153 Å². The van der Waals surface area contributed by atoms with Gasteiger partial charge >= 0.3 is 12.9 Å². The van der Waals surface area contributed by atoms with Crippen LogP contribution in [-0.2, 0) is 23.4 Å². The molecule has 5 atom stereocenters. The predicted octanol–water partition coefficient (Wildman–Crippen LogP) is -1.16. The number of likely N-dealkylation sites (N-methyl/N-ethyl adjacent to an activating group) is 1. The number of carbonyl (C=O) groups excluding carboxylic acids is 1. The molecule has 11 nitrogen and oxygen atoms in total. The Morgan fingerprint density at radius 3 is 2.77 bits per heavy atom. The predicted molar refractivity (Wildman–Crippen MR) is 92.3 cm³/mol. The molecule has 1 aromatic rings. The second-order valence-corrected chi connectivity index (χ2v) is 7.15. The molecule has 1 aromatic heterocycles. The van der Waals surface area contributed by atoms with Crippen molar-refractivity contribution in [3.63, 3.8) is 0 Å². The van der Waals surface area contributed by atoms with E-state index in [1.807, 2.05) is 0 Å². The van der Waals surface area contributed by atoms with Crippen LogP contribution in [0.15, 0.2) is 15.8 Å². The van der Waals surface area contributed by atoms with Crippen LogP contribution < -0.4 is 16.6 Å². The topological polar surface area (TPSA) is 149 Å². The van der Waals surface area contributed by atoms with Crippen LogP contribution in [-0.4, -0.2) is 59.1 Å². The number of nitrogens with zero attached hydrogens (tertiary/aromatic N) is 1. The zero-order chi connectivity index (χ0) is 19.4. The first-order valence-electron chi connectivity index (χ1n) is 7.52. The molecule has 26 heavy (non-hydrogen) atoms. The lowest BCUT2D eigenvalue weighted by molar-refractivity contribution is -0.132. The number of hydrogen-bond acceptors (Lipinski definition) is 8. The third-order valence-corrected chi connectivity index (χ3v) is 4.49. The highest BCUT2D eigenvalue weighted by atomic mass is 32.7. The SMILES string of the molecule is CNC(=O)COC1[C@@H](O[P+](=O)S)[C@@H](CO)O[C@H]1n1cc(C)c(=O)[nH]c1=O. The van der Waals surface area contributed by atoms with Crippen molar-refractivity contribution in [2.75, 3.05) is 20.3 Å². The smallest absolute Gasteiger partial charge is 0.394 e. The number of rotatable bonds is 7. The van der Waals surface area contributed by atoms with Gasteiger partial charge in [-0.15, -0.1) is 4.52 Å². The molecule has 0 bridgehead atoms. The Balaban J connectivity index is 2.42. The standard InChI is InChI=1S/C13H18N3O8PS/c1-6-3-16(13(20)15-11(6)19)12-10(22-5-8(18)14-2)9(24-25(21)26)7(4-17)23-12/h3,7,9-10,12,17H,4-5H2,1-2H3,(H2-,14,15,18,19,20,21,26)/p+1/t7-,9+,10?,12-/m1/s1. The maximum Gasteiger partial charge on any atom is 0.582 e. The molecule has 0 aliphatic carbocycles. The van der Waals surface area contributed by atoms with Crippen LogP contribution >= 0.6 is 19.5 Å². The summed E-state index contributed by atoms with van der Waals surface area (Å²) in [6.07, 6.45) is -2.99. The van der Waals surface area contributed by atoms with Crippen molar-refractivity contribution in [3.05, 3.63) is 32.6 Å². The largest absolute Gasteiger partial charge is 0.582 e. The average molecular weight is 408 g/mol. The average Bonchev–Trinajstić information content (AvgIpc) is 2.92. The molecule has 1 aliphatic rings. The third-order valence-electron chi connectivity index (χ3n) is 3.78. The number of aromatic nitrogens is 2. The Hall–Kier alpha value is -1.56. The number of aliphatic hydroxyl groups is 1. The first-order valence-corrected chi connectivity index (χ1v) is 9.85. The number of carbonyl (C=O) groups is 1. The summed E-state index contributed by atoms with van der Waals surface area (Å²) in [5.74, 6) is -0.449. The molecular formula is C13H19N3O8PS+. The summed E-state index contributed by atoms with van der Waals surface area (Å²) in [6, 6.07) is 0. The van der Waals surface area contributed by atoms with Crippen LogP contribution in [0.3, 0.4) is 0 Å². The minimum Gasteiger partial charge on any atom is -0.394 e. The fourth-order valence-corrected chi connectivity index (χ4v) is 3.30. The molecule has 3 N–H and O–H groups in total. The number of thiol groups is 1. The van der Waals surface area contributed by atoms with Gasteiger partial charge in [-0.2, -0.15) is 0 Å². The first-order chi connectivity index (χ1) is 12.3. The number of H-pyrrole nitrogens is 1.